The Labute approximate surface area is 201 Å². The molecule has 2 heterocycles. The summed E-state index contributed by atoms with van der Waals surface area (Å²) < 4.78 is 12.6. The average Bonchev–Trinajstić information content (AvgIpc) is 3.29. The van der Waals surface area contributed by atoms with E-state index < -0.39 is 10.9 Å². The molecular weight excluding hydrogens is 450 g/mol. The smallest absolute Gasteiger partial charge is 0.361 e. The molecule has 0 atom stereocenters. The Balaban J connectivity index is 1.92. The number of non-ortho nitro benzene ring substituents is 1. The van der Waals surface area contributed by atoms with Gasteiger partial charge in [-0.15, -0.1) is 5.10 Å². The van der Waals surface area contributed by atoms with Crippen LogP contribution in [0.15, 0.2) is 48.5 Å². The summed E-state index contributed by atoms with van der Waals surface area (Å²) in [6.45, 7) is 6.43. The van der Waals surface area contributed by atoms with E-state index in [1.54, 1.807) is 23.7 Å². The fourth-order valence-electron chi connectivity index (χ4n) is 3.70. The van der Waals surface area contributed by atoms with Gasteiger partial charge in [0.25, 0.3) is 5.69 Å². The van der Waals surface area contributed by atoms with Gasteiger partial charge in [0, 0.05) is 28.8 Å². The molecule has 2 aromatic heterocycles. The van der Waals surface area contributed by atoms with Crippen molar-refractivity contribution in [3.8, 4) is 22.7 Å². The van der Waals surface area contributed by atoms with Crippen molar-refractivity contribution in [3.05, 3.63) is 70.0 Å². The summed E-state index contributed by atoms with van der Waals surface area (Å²) in [7, 11) is 0. The van der Waals surface area contributed by atoms with Crippen molar-refractivity contribution < 1.29 is 19.2 Å². The van der Waals surface area contributed by atoms with Crippen LogP contribution in [0, 0.1) is 17.0 Å². The molecule has 2 aromatic carbocycles. The first-order valence-corrected chi connectivity index (χ1v) is 11.3. The number of rotatable bonds is 9. The summed E-state index contributed by atoms with van der Waals surface area (Å²) in [5.41, 5.74) is 2.96. The minimum atomic E-state index is -0.634. The van der Waals surface area contributed by atoms with Crippen LogP contribution >= 0.6 is 0 Å². The lowest BCUT2D eigenvalue weighted by Crippen LogP contribution is -2.08. The molecule has 10 heteroatoms. The van der Waals surface area contributed by atoms with Gasteiger partial charge in [-0.1, -0.05) is 18.6 Å². The number of esters is 1. The van der Waals surface area contributed by atoms with Gasteiger partial charge in [-0.05, 0) is 56.7 Å². The lowest BCUT2D eigenvalue weighted by molar-refractivity contribution is -0.384. The number of aromatic nitrogens is 4. The van der Waals surface area contributed by atoms with E-state index in [0.29, 0.717) is 29.3 Å². The van der Waals surface area contributed by atoms with E-state index >= 15 is 0 Å². The number of nitrogens with zero attached hydrogens (tertiary/aromatic N) is 5. The van der Waals surface area contributed by atoms with Gasteiger partial charge in [0.1, 0.15) is 11.4 Å². The Bertz CT molecular complexity index is 1380. The number of ether oxygens (including phenoxy) is 2. The maximum absolute atomic E-state index is 12.7. The van der Waals surface area contributed by atoms with Gasteiger partial charge < -0.3 is 9.47 Å². The summed E-state index contributed by atoms with van der Waals surface area (Å²) >= 11 is 0. The number of pyridine rings is 1. The molecule has 0 spiro atoms. The number of carbonyl (C=O) groups is 1. The number of hydrogen-bond donors (Lipinski definition) is 0. The Morgan fingerprint density at radius 3 is 2.57 bits per heavy atom. The highest BCUT2D eigenvalue weighted by atomic mass is 16.6. The van der Waals surface area contributed by atoms with Crippen molar-refractivity contribution >= 4 is 22.6 Å². The number of nitro benzene ring substituents is 1. The van der Waals surface area contributed by atoms with E-state index in [2.05, 4.69) is 22.2 Å². The number of benzene rings is 2. The first-order valence-electron chi connectivity index (χ1n) is 11.3. The van der Waals surface area contributed by atoms with Crippen LogP contribution in [-0.2, 0) is 4.74 Å². The Kier molecular flexibility index (Phi) is 7.00. The van der Waals surface area contributed by atoms with E-state index in [0.717, 1.165) is 29.4 Å². The minimum absolute atomic E-state index is 0.0127. The van der Waals surface area contributed by atoms with Crippen molar-refractivity contribution in [1.82, 2.24) is 20.0 Å². The van der Waals surface area contributed by atoms with Gasteiger partial charge in [-0.25, -0.2) is 9.48 Å². The monoisotopic (exact) mass is 475 g/mol. The molecule has 0 aliphatic heterocycles. The number of nitro groups is 1. The Morgan fingerprint density at radius 2 is 1.89 bits per heavy atom. The van der Waals surface area contributed by atoms with Crippen LogP contribution in [0.25, 0.3) is 27.8 Å². The molecule has 0 aliphatic rings. The molecule has 0 saturated heterocycles. The molecule has 4 aromatic rings. The molecule has 0 fully saturated rings. The van der Waals surface area contributed by atoms with Crippen molar-refractivity contribution in [2.24, 2.45) is 0 Å². The van der Waals surface area contributed by atoms with Crippen LogP contribution in [0.5, 0.6) is 5.75 Å². The second-order valence-corrected chi connectivity index (χ2v) is 7.89. The van der Waals surface area contributed by atoms with Crippen LogP contribution < -0.4 is 4.74 Å². The van der Waals surface area contributed by atoms with Gasteiger partial charge >= 0.3 is 5.97 Å². The molecule has 0 unspecified atom stereocenters. The molecule has 0 saturated carbocycles. The molecule has 0 N–H and O–H groups in total. The van der Waals surface area contributed by atoms with Crippen LogP contribution in [0.4, 0.5) is 5.69 Å². The Morgan fingerprint density at radius 1 is 1.11 bits per heavy atom. The quantitative estimate of drug-likeness (QED) is 0.143. The van der Waals surface area contributed by atoms with Gasteiger partial charge in [0.15, 0.2) is 5.69 Å². The predicted molar refractivity (Wildman–Crippen MR) is 130 cm³/mol. The van der Waals surface area contributed by atoms with Crippen LogP contribution in [0.2, 0.25) is 0 Å². The first kappa shape index (κ1) is 23.8. The molecule has 0 amide bonds. The molecule has 4 rings (SSSR count). The van der Waals surface area contributed by atoms with Gasteiger partial charge in [0.05, 0.1) is 29.3 Å². The topological polar surface area (TPSA) is 122 Å². The summed E-state index contributed by atoms with van der Waals surface area (Å²) in [5, 5.41) is 20.3. The number of aryl methyl sites for hydroxylation is 1. The molecule has 0 radical (unpaired) electrons. The normalized spacial score (nSPS) is 10.9. The van der Waals surface area contributed by atoms with Crippen LogP contribution in [0.3, 0.4) is 0 Å². The molecule has 0 bridgehead atoms. The third-order valence-electron chi connectivity index (χ3n) is 5.37. The highest BCUT2D eigenvalue weighted by molar-refractivity contribution is 5.96. The molecule has 0 aliphatic carbocycles. The maximum Gasteiger partial charge on any atom is 0.361 e. The van der Waals surface area contributed by atoms with E-state index in [1.807, 2.05) is 31.2 Å². The zero-order valence-electron chi connectivity index (χ0n) is 19.7. The first-order chi connectivity index (χ1) is 16.9. The van der Waals surface area contributed by atoms with Crippen LogP contribution in [0.1, 0.15) is 42.9 Å². The summed E-state index contributed by atoms with van der Waals surface area (Å²) in [6.07, 6.45) is 1.96. The van der Waals surface area contributed by atoms with Crippen molar-refractivity contribution in [2.45, 2.75) is 33.6 Å². The lowest BCUT2D eigenvalue weighted by atomic mass is 10.1. The van der Waals surface area contributed by atoms with Crippen LogP contribution in [-0.4, -0.2) is 44.1 Å². The van der Waals surface area contributed by atoms with E-state index in [-0.39, 0.29) is 18.0 Å². The summed E-state index contributed by atoms with van der Waals surface area (Å²) in [5.74, 6) is 0.0613. The summed E-state index contributed by atoms with van der Waals surface area (Å²) in [6, 6.07) is 13.3. The molecule has 35 heavy (non-hydrogen) atoms. The molecule has 180 valence electrons. The highest BCUT2D eigenvalue weighted by Gasteiger charge is 2.25. The highest BCUT2D eigenvalue weighted by Crippen LogP contribution is 2.32. The van der Waals surface area contributed by atoms with Gasteiger partial charge in [0.2, 0.25) is 0 Å². The zero-order chi connectivity index (χ0) is 24.9. The lowest BCUT2D eigenvalue weighted by Gasteiger charge is -2.13. The van der Waals surface area contributed by atoms with E-state index in [9.17, 15) is 14.9 Å². The van der Waals surface area contributed by atoms with E-state index in [4.69, 9.17) is 9.47 Å². The Hall–Kier alpha value is -4.34. The fraction of sp³-hybridized carbons (Fsp3) is 0.280. The number of hydrogen-bond acceptors (Lipinski definition) is 8. The standard InChI is InChI=1S/C25H25N5O5/c1-4-6-13-35-19-11-12-21-20(15-19)22(14-16(3)26-21)29-24(23(27-28-29)25(31)34-5-2)17-7-9-18(10-8-17)30(32)33/h7-12,14-15H,4-6,13H2,1-3H3. The van der Waals surface area contributed by atoms with Gasteiger partial charge in [-0.2, -0.15) is 0 Å². The number of fused-ring (bicyclic) bond motifs is 1. The largest absolute Gasteiger partial charge is 0.494 e. The second kappa shape index (κ2) is 10.3. The third kappa shape index (κ3) is 4.96. The maximum atomic E-state index is 12.7. The average molecular weight is 476 g/mol. The van der Waals surface area contributed by atoms with Crippen molar-refractivity contribution in [2.75, 3.05) is 13.2 Å². The van der Waals surface area contributed by atoms with Crippen molar-refractivity contribution in [3.63, 3.8) is 0 Å². The summed E-state index contributed by atoms with van der Waals surface area (Å²) in [4.78, 5) is 28.0. The number of carbonyl (C=O) groups excluding carboxylic acids is 1. The zero-order valence-corrected chi connectivity index (χ0v) is 19.7. The minimum Gasteiger partial charge on any atom is -0.494 e. The molecular formula is C25H25N5O5. The fourth-order valence-corrected chi connectivity index (χ4v) is 3.70. The second-order valence-electron chi connectivity index (χ2n) is 7.89. The predicted octanol–water partition coefficient (Wildman–Crippen LogP) is 5.05. The van der Waals surface area contributed by atoms with Crippen molar-refractivity contribution in [1.29, 1.82) is 0 Å². The van der Waals surface area contributed by atoms with Gasteiger partial charge in [-0.3, -0.25) is 15.1 Å². The SMILES string of the molecule is CCCCOc1ccc2nc(C)cc(-n3nnc(C(=O)OCC)c3-c3ccc([N+](=O)[O-])cc3)c2c1. The third-order valence-corrected chi connectivity index (χ3v) is 5.37. The van der Waals surface area contributed by atoms with E-state index in [1.165, 1.54) is 12.1 Å². The molecule has 10 nitrogen and oxygen atoms in total. The number of unbranched alkanes of at least 4 members (excludes halogenated alkanes) is 1.